The third-order valence-electron chi connectivity index (χ3n) is 6.39. The number of carboxylic acids is 1. The number of aromatic carboxylic acids is 1. The lowest BCUT2D eigenvalue weighted by atomic mass is 10.1. The van der Waals surface area contributed by atoms with E-state index in [1.165, 1.54) is 12.3 Å². The standard InChI is InChI=1S/C22H30FN5O3/c1-3-27-14-17(22(30)31)21(29)16-10-18(23)20(11-19(16)27)28-5-4-24-15(13-28)12-26-8-6-25(2)7-9-26/h10-11,14-15,24H,3-9,12-13H2,1-2H3,(H,30,31). The molecule has 0 radical (unpaired) electrons. The van der Waals surface area contributed by atoms with Gasteiger partial charge in [0.05, 0.1) is 11.2 Å². The van der Waals surface area contributed by atoms with Gasteiger partial charge in [-0.1, -0.05) is 0 Å². The Balaban J connectivity index is 1.61. The van der Waals surface area contributed by atoms with Crippen molar-refractivity contribution >= 4 is 22.6 Å². The predicted octanol–water partition coefficient (Wildman–Crippen LogP) is 0.884. The maximum absolute atomic E-state index is 15.1. The van der Waals surface area contributed by atoms with Crippen molar-refractivity contribution in [1.29, 1.82) is 0 Å². The zero-order chi connectivity index (χ0) is 22.1. The van der Waals surface area contributed by atoms with Gasteiger partial charge in [-0.25, -0.2) is 9.18 Å². The summed E-state index contributed by atoms with van der Waals surface area (Å²) in [6.07, 6.45) is 1.35. The van der Waals surface area contributed by atoms with Crippen LogP contribution in [0.2, 0.25) is 0 Å². The van der Waals surface area contributed by atoms with Gasteiger partial charge >= 0.3 is 5.97 Å². The van der Waals surface area contributed by atoms with Crippen molar-refractivity contribution in [3.8, 4) is 0 Å². The van der Waals surface area contributed by atoms with Crippen LogP contribution in [0.4, 0.5) is 10.1 Å². The number of aromatic nitrogens is 1. The van der Waals surface area contributed by atoms with E-state index in [0.29, 0.717) is 30.8 Å². The number of aryl methyl sites for hydroxylation is 1. The molecule has 0 amide bonds. The highest BCUT2D eigenvalue weighted by Gasteiger charge is 2.26. The van der Waals surface area contributed by atoms with Crippen molar-refractivity contribution in [2.45, 2.75) is 19.5 Å². The molecule has 1 unspecified atom stereocenters. The number of rotatable bonds is 5. The van der Waals surface area contributed by atoms with Gasteiger partial charge in [0.25, 0.3) is 0 Å². The number of halogens is 1. The molecule has 1 atom stereocenters. The molecule has 2 aromatic rings. The molecule has 2 saturated heterocycles. The van der Waals surface area contributed by atoms with Crippen molar-refractivity contribution in [3.63, 3.8) is 0 Å². The first-order valence-electron chi connectivity index (χ1n) is 10.9. The molecule has 9 heteroatoms. The Morgan fingerprint density at radius 3 is 2.65 bits per heavy atom. The summed E-state index contributed by atoms with van der Waals surface area (Å²) in [4.78, 5) is 30.8. The van der Waals surface area contributed by atoms with Crippen LogP contribution in [0.25, 0.3) is 10.9 Å². The van der Waals surface area contributed by atoms with E-state index >= 15 is 4.39 Å². The fourth-order valence-corrected chi connectivity index (χ4v) is 4.56. The molecule has 2 N–H and O–H groups in total. The van der Waals surface area contributed by atoms with Crippen LogP contribution in [0, 0.1) is 5.82 Å². The largest absolute Gasteiger partial charge is 0.477 e. The van der Waals surface area contributed by atoms with Gasteiger partial charge in [0.15, 0.2) is 0 Å². The van der Waals surface area contributed by atoms with Crippen molar-refractivity contribution in [2.24, 2.45) is 0 Å². The summed E-state index contributed by atoms with van der Waals surface area (Å²) in [5, 5.41) is 13.0. The molecule has 2 fully saturated rings. The Morgan fingerprint density at radius 2 is 1.97 bits per heavy atom. The molecule has 0 aliphatic carbocycles. The minimum atomic E-state index is -1.30. The monoisotopic (exact) mass is 431 g/mol. The minimum Gasteiger partial charge on any atom is -0.477 e. The summed E-state index contributed by atoms with van der Waals surface area (Å²) in [5.74, 6) is -1.79. The van der Waals surface area contributed by atoms with Gasteiger partial charge in [-0.05, 0) is 26.1 Å². The van der Waals surface area contributed by atoms with Crippen LogP contribution in [0.1, 0.15) is 17.3 Å². The van der Waals surface area contributed by atoms with E-state index in [1.807, 2.05) is 11.8 Å². The molecule has 8 nitrogen and oxygen atoms in total. The van der Waals surface area contributed by atoms with Crippen molar-refractivity contribution in [3.05, 3.63) is 39.9 Å². The quantitative estimate of drug-likeness (QED) is 0.728. The number of fused-ring (bicyclic) bond motifs is 1. The van der Waals surface area contributed by atoms with Crippen LogP contribution in [0.5, 0.6) is 0 Å². The van der Waals surface area contributed by atoms with Crippen molar-refractivity contribution in [1.82, 2.24) is 19.7 Å². The number of likely N-dealkylation sites (N-methyl/N-ethyl adjacent to an activating group) is 1. The lowest BCUT2D eigenvalue weighted by Gasteiger charge is -2.40. The highest BCUT2D eigenvalue weighted by molar-refractivity contribution is 5.93. The van der Waals surface area contributed by atoms with E-state index in [-0.39, 0.29) is 17.0 Å². The van der Waals surface area contributed by atoms with Crippen LogP contribution in [0.3, 0.4) is 0 Å². The highest BCUT2D eigenvalue weighted by Crippen LogP contribution is 2.26. The van der Waals surface area contributed by atoms with E-state index in [4.69, 9.17) is 0 Å². The van der Waals surface area contributed by atoms with E-state index in [0.717, 1.165) is 39.3 Å². The van der Waals surface area contributed by atoms with Crippen LogP contribution >= 0.6 is 0 Å². The average Bonchev–Trinajstić information content (AvgIpc) is 2.75. The molecule has 0 saturated carbocycles. The van der Waals surface area contributed by atoms with Crippen molar-refractivity contribution in [2.75, 3.05) is 64.3 Å². The first-order chi connectivity index (χ1) is 14.9. The number of hydrogen-bond acceptors (Lipinski definition) is 6. The van der Waals surface area contributed by atoms with Gasteiger partial charge in [-0.2, -0.15) is 0 Å². The highest BCUT2D eigenvalue weighted by atomic mass is 19.1. The predicted molar refractivity (Wildman–Crippen MR) is 119 cm³/mol. The third kappa shape index (κ3) is 4.44. The minimum absolute atomic E-state index is 0.104. The zero-order valence-corrected chi connectivity index (χ0v) is 18.1. The van der Waals surface area contributed by atoms with Crippen LogP contribution in [-0.4, -0.2) is 90.9 Å². The number of benzene rings is 1. The molecule has 0 spiro atoms. The second-order valence-electron chi connectivity index (χ2n) is 8.48. The van der Waals surface area contributed by atoms with E-state index < -0.39 is 17.2 Å². The lowest BCUT2D eigenvalue weighted by Crippen LogP contribution is -2.57. The summed E-state index contributed by atoms with van der Waals surface area (Å²) in [6, 6.07) is 3.12. The van der Waals surface area contributed by atoms with Crippen LogP contribution in [0.15, 0.2) is 23.1 Å². The molecule has 4 rings (SSSR count). The molecule has 3 heterocycles. The van der Waals surface area contributed by atoms with Gasteiger partial charge in [0.2, 0.25) is 5.43 Å². The van der Waals surface area contributed by atoms with Crippen LogP contribution < -0.4 is 15.6 Å². The third-order valence-corrected chi connectivity index (χ3v) is 6.39. The number of carbonyl (C=O) groups is 1. The van der Waals surface area contributed by atoms with E-state index in [9.17, 15) is 14.7 Å². The van der Waals surface area contributed by atoms with Gasteiger partial charge in [-0.15, -0.1) is 0 Å². The topological polar surface area (TPSA) is 81.0 Å². The molecule has 1 aromatic heterocycles. The first-order valence-corrected chi connectivity index (χ1v) is 10.9. The second-order valence-corrected chi connectivity index (χ2v) is 8.48. The molecular weight excluding hydrogens is 401 g/mol. The smallest absolute Gasteiger partial charge is 0.341 e. The molecule has 168 valence electrons. The summed E-state index contributed by atoms with van der Waals surface area (Å²) in [7, 11) is 2.13. The fourth-order valence-electron chi connectivity index (χ4n) is 4.56. The van der Waals surface area contributed by atoms with E-state index in [1.54, 1.807) is 10.6 Å². The molecule has 2 aliphatic rings. The summed E-state index contributed by atoms with van der Waals surface area (Å²) in [6.45, 7) is 9.57. The maximum Gasteiger partial charge on any atom is 0.341 e. The number of carboxylic acid groups (broad SMARTS) is 1. The van der Waals surface area contributed by atoms with Gasteiger partial charge < -0.3 is 24.8 Å². The molecule has 0 bridgehead atoms. The molecule has 2 aliphatic heterocycles. The Labute approximate surface area is 180 Å². The van der Waals surface area contributed by atoms with Gasteiger partial charge in [-0.3, -0.25) is 9.69 Å². The molecule has 1 aromatic carbocycles. The number of anilines is 1. The van der Waals surface area contributed by atoms with Crippen LogP contribution in [-0.2, 0) is 6.54 Å². The number of hydrogen-bond donors (Lipinski definition) is 2. The zero-order valence-electron chi connectivity index (χ0n) is 18.1. The number of piperazine rings is 2. The summed E-state index contributed by atoms with van der Waals surface area (Å²) in [5.41, 5.74) is 0.0342. The molecule has 31 heavy (non-hydrogen) atoms. The van der Waals surface area contributed by atoms with Gasteiger partial charge in [0, 0.05) is 76.5 Å². The number of pyridine rings is 1. The number of nitrogens with one attached hydrogen (secondary N) is 1. The normalized spacial score (nSPS) is 21.0. The van der Waals surface area contributed by atoms with E-state index in [2.05, 4.69) is 22.2 Å². The average molecular weight is 432 g/mol. The first kappa shape index (κ1) is 21.7. The summed E-state index contributed by atoms with van der Waals surface area (Å²) < 4.78 is 16.8. The Bertz CT molecular complexity index is 1030. The maximum atomic E-state index is 15.1. The Hall–Kier alpha value is -2.49. The SMILES string of the molecule is CCn1cc(C(=O)O)c(=O)c2cc(F)c(N3CCNC(CN4CCN(C)CC4)C3)cc21. The van der Waals surface area contributed by atoms with Crippen molar-refractivity contribution < 1.29 is 14.3 Å². The summed E-state index contributed by atoms with van der Waals surface area (Å²) >= 11 is 0. The van der Waals surface area contributed by atoms with Gasteiger partial charge in [0.1, 0.15) is 11.4 Å². The second kappa shape index (κ2) is 8.94. The lowest BCUT2D eigenvalue weighted by molar-refractivity contribution is 0.0695. The Kier molecular flexibility index (Phi) is 6.27. The number of nitrogens with zero attached hydrogens (tertiary/aromatic N) is 4. The molecular formula is C22H30FN5O3. The fraction of sp³-hybridized carbons (Fsp3) is 0.545. The Morgan fingerprint density at radius 1 is 1.23 bits per heavy atom.